The Balaban J connectivity index is 2.76. The van der Waals surface area contributed by atoms with Gasteiger partial charge >= 0.3 is 5.97 Å². The lowest BCUT2D eigenvalue weighted by atomic mass is 10.2. The summed E-state index contributed by atoms with van der Waals surface area (Å²) in [5, 5.41) is 3.59. The maximum atomic E-state index is 11.6. The van der Waals surface area contributed by atoms with E-state index in [1.54, 1.807) is 26.2 Å². The van der Waals surface area contributed by atoms with E-state index in [1.165, 1.54) is 0 Å². The van der Waals surface area contributed by atoms with Crippen LogP contribution in [0.1, 0.15) is 20.3 Å². The number of carbonyl (C=O) groups excluding carboxylic acids is 1. The smallest absolute Gasteiger partial charge is 0.328 e. The predicted octanol–water partition coefficient (Wildman–Crippen LogP) is 3.10. The minimum absolute atomic E-state index is 0.257. The molecule has 0 fully saturated rings. The molecule has 0 saturated heterocycles. The average Bonchev–Trinajstić information content (AvgIpc) is 2.36. The summed E-state index contributed by atoms with van der Waals surface area (Å²) < 4.78 is 10.0. The fraction of sp³-hybridized carbons (Fsp3) is 0.462. The van der Waals surface area contributed by atoms with Crippen LogP contribution >= 0.6 is 11.6 Å². The van der Waals surface area contributed by atoms with Crippen molar-refractivity contribution in [1.29, 1.82) is 0 Å². The summed E-state index contributed by atoms with van der Waals surface area (Å²) >= 11 is 6.02. The van der Waals surface area contributed by atoms with Crippen molar-refractivity contribution in [2.45, 2.75) is 26.3 Å². The van der Waals surface area contributed by atoms with Gasteiger partial charge in [-0.2, -0.15) is 0 Å². The van der Waals surface area contributed by atoms with Crippen molar-refractivity contribution in [2.75, 3.05) is 19.0 Å². The van der Waals surface area contributed by atoms with Gasteiger partial charge in [-0.1, -0.05) is 18.5 Å². The van der Waals surface area contributed by atoms with Gasteiger partial charge in [0.2, 0.25) is 0 Å². The van der Waals surface area contributed by atoms with E-state index in [-0.39, 0.29) is 12.0 Å². The second-order valence-electron chi connectivity index (χ2n) is 3.71. The van der Waals surface area contributed by atoms with Gasteiger partial charge in [0.15, 0.2) is 0 Å². The number of carbonyl (C=O) groups is 1. The molecule has 0 bridgehead atoms. The third-order valence-electron chi connectivity index (χ3n) is 2.47. The number of esters is 1. The van der Waals surface area contributed by atoms with Crippen LogP contribution in [0.5, 0.6) is 5.75 Å². The Labute approximate surface area is 112 Å². The molecule has 1 aromatic rings. The van der Waals surface area contributed by atoms with E-state index >= 15 is 0 Å². The lowest BCUT2D eigenvalue weighted by Crippen LogP contribution is -2.30. The zero-order chi connectivity index (χ0) is 13.5. The highest BCUT2D eigenvalue weighted by atomic mass is 35.5. The van der Waals surface area contributed by atoms with Gasteiger partial charge in [0, 0.05) is 5.69 Å². The molecular weight excluding hydrogens is 254 g/mol. The summed E-state index contributed by atoms with van der Waals surface area (Å²) in [6.07, 6.45) is 0.641. The van der Waals surface area contributed by atoms with Crippen LogP contribution < -0.4 is 10.1 Å². The van der Waals surface area contributed by atoms with Crippen LogP contribution in [0.25, 0.3) is 0 Å². The van der Waals surface area contributed by atoms with Crippen LogP contribution in [0.15, 0.2) is 18.2 Å². The van der Waals surface area contributed by atoms with Crippen molar-refractivity contribution in [2.24, 2.45) is 0 Å². The number of rotatable bonds is 6. The van der Waals surface area contributed by atoms with Crippen molar-refractivity contribution in [3.63, 3.8) is 0 Å². The molecule has 1 unspecified atom stereocenters. The molecular formula is C13H18ClNO3. The molecule has 1 aromatic carbocycles. The maximum absolute atomic E-state index is 11.6. The van der Waals surface area contributed by atoms with E-state index in [0.717, 1.165) is 5.69 Å². The SMILES string of the molecule is CCOC(=O)C(CC)Nc1ccc(OC)c(Cl)c1. The number of methoxy groups -OCH3 is 1. The molecule has 0 aromatic heterocycles. The molecule has 0 spiro atoms. The Morgan fingerprint density at radius 3 is 2.67 bits per heavy atom. The number of halogens is 1. The van der Waals surface area contributed by atoms with Crippen molar-refractivity contribution in [3.8, 4) is 5.75 Å². The van der Waals surface area contributed by atoms with Gasteiger partial charge in [0.1, 0.15) is 11.8 Å². The minimum Gasteiger partial charge on any atom is -0.495 e. The number of hydrogen-bond acceptors (Lipinski definition) is 4. The standard InChI is InChI=1S/C13H18ClNO3/c1-4-11(13(16)18-5-2)15-9-6-7-12(17-3)10(14)8-9/h6-8,11,15H,4-5H2,1-3H3. The van der Waals surface area contributed by atoms with Crippen LogP contribution in [0.2, 0.25) is 5.02 Å². The Bertz CT molecular complexity index is 409. The minimum atomic E-state index is -0.366. The van der Waals surface area contributed by atoms with Gasteiger partial charge in [0.05, 0.1) is 18.7 Å². The van der Waals surface area contributed by atoms with E-state index in [2.05, 4.69) is 5.32 Å². The van der Waals surface area contributed by atoms with Gasteiger partial charge in [-0.25, -0.2) is 4.79 Å². The first kappa shape index (κ1) is 14.6. The molecule has 0 amide bonds. The van der Waals surface area contributed by atoms with Gasteiger partial charge < -0.3 is 14.8 Å². The third kappa shape index (κ3) is 3.81. The normalized spacial score (nSPS) is 11.8. The fourth-order valence-electron chi connectivity index (χ4n) is 1.53. The van der Waals surface area contributed by atoms with Crippen LogP contribution in [0.4, 0.5) is 5.69 Å². The zero-order valence-electron chi connectivity index (χ0n) is 10.8. The summed E-state index contributed by atoms with van der Waals surface area (Å²) in [4.78, 5) is 11.6. The molecule has 0 aliphatic carbocycles. The first-order chi connectivity index (χ1) is 8.62. The third-order valence-corrected chi connectivity index (χ3v) is 2.77. The molecule has 0 heterocycles. The largest absolute Gasteiger partial charge is 0.495 e. The van der Waals surface area contributed by atoms with E-state index in [0.29, 0.717) is 23.8 Å². The lowest BCUT2D eigenvalue weighted by molar-refractivity contribution is -0.144. The topological polar surface area (TPSA) is 47.6 Å². The highest BCUT2D eigenvalue weighted by Crippen LogP contribution is 2.27. The van der Waals surface area contributed by atoms with Crippen LogP contribution in [-0.2, 0) is 9.53 Å². The van der Waals surface area contributed by atoms with Crippen LogP contribution in [-0.4, -0.2) is 25.7 Å². The number of benzene rings is 1. The highest BCUT2D eigenvalue weighted by molar-refractivity contribution is 6.32. The molecule has 1 N–H and O–H groups in total. The van der Waals surface area contributed by atoms with Crippen molar-refractivity contribution in [3.05, 3.63) is 23.2 Å². The Hall–Kier alpha value is -1.42. The summed E-state index contributed by atoms with van der Waals surface area (Å²) in [5.41, 5.74) is 0.765. The molecule has 0 saturated carbocycles. The number of nitrogens with one attached hydrogen (secondary N) is 1. The van der Waals surface area contributed by atoms with Gasteiger partial charge in [0.25, 0.3) is 0 Å². The van der Waals surface area contributed by atoms with Crippen LogP contribution in [0.3, 0.4) is 0 Å². The number of hydrogen-bond donors (Lipinski definition) is 1. The molecule has 100 valence electrons. The van der Waals surface area contributed by atoms with Crippen molar-refractivity contribution < 1.29 is 14.3 Å². The predicted molar refractivity (Wildman–Crippen MR) is 72.3 cm³/mol. The van der Waals surface area contributed by atoms with Crippen molar-refractivity contribution in [1.82, 2.24) is 0 Å². The Morgan fingerprint density at radius 2 is 2.17 bits per heavy atom. The monoisotopic (exact) mass is 271 g/mol. The molecule has 0 radical (unpaired) electrons. The summed E-state index contributed by atoms with van der Waals surface area (Å²) in [7, 11) is 1.56. The lowest BCUT2D eigenvalue weighted by Gasteiger charge is -2.17. The molecule has 0 aliphatic rings. The van der Waals surface area contributed by atoms with E-state index in [4.69, 9.17) is 21.1 Å². The quantitative estimate of drug-likeness (QED) is 0.808. The first-order valence-corrected chi connectivity index (χ1v) is 6.26. The number of anilines is 1. The number of ether oxygens (including phenoxy) is 2. The fourth-order valence-corrected chi connectivity index (χ4v) is 1.79. The molecule has 0 aliphatic heterocycles. The van der Waals surface area contributed by atoms with Crippen molar-refractivity contribution >= 4 is 23.3 Å². The summed E-state index contributed by atoms with van der Waals surface area (Å²) in [6, 6.07) is 4.92. The maximum Gasteiger partial charge on any atom is 0.328 e. The molecule has 18 heavy (non-hydrogen) atoms. The van der Waals surface area contributed by atoms with E-state index in [1.807, 2.05) is 13.0 Å². The van der Waals surface area contributed by atoms with Gasteiger partial charge in [-0.3, -0.25) is 0 Å². The van der Waals surface area contributed by atoms with Crippen LogP contribution in [0, 0.1) is 0 Å². The summed E-state index contributed by atoms with van der Waals surface area (Å²) in [6.45, 7) is 4.08. The Kier molecular flexibility index (Phi) is 5.78. The first-order valence-electron chi connectivity index (χ1n) is 5.89. The average molecular weight is 272 g/mol. The zero-order valence-corrected chi connectivity index (χ0v) is 11.6. The van der Waals surface area contributed by atoms with Gasteiger partial charge in [-0.05, 0) is 31.5 Å². The second-order valence-corrected chi connectivity index (χ2v) is 4.11. The molecule has 1 rings (SSSR count). The molecule has 4 nitrogen and oxygen atoms in total. The van der Waals surface area contributed by atoms with E-state index in [9.17, 15) is 4.79 Å². The van der Waals surface area contributed by atoms with Gasteiger partial charge in [-0.15, -0.1) is 0 Å². The molecule has 5 heteroatoms. The highest BCUT2D eigenvalue weighted by Gasteiger charge is 2.17. The summed E-state index contributed by atoms with van der Waals surface area (Å²) in [5.74, 6) is 0.346. The molecule has 1 atom stereocenters. The Morgan fingerprint density at radius 1 is 1.44 bits per heavy atom. The second kappa shape index (κ2) is 7.11. The van der Waals surface area contributed by atoms with E-state index < -0.39 is 0 Å².